The number of nitrogens with one attached hydrogen (secondary N) is 1. The summed E-state index contributed by atoms with van der Waals surface area (Å²) in [6.07, 6.45) is 0.601. The lowest BCUT2D eigenvalue weighted by Gasteiger charge is -2.03. The molecule has 0 aliphatic rings. The smallest absolute Gasteiger partial charge is 0.291 e. The van der Waals surface area contributed by atoms with Crippen molar-refractivity contribution in [2.24, 2.45) is 0 Å². The molecule has 0 aliphatic carbocycles. The van der Waals surface area contributed by atoms with Crippen LogP contribution in [0.5, 0.6) is 0 Å². The predicted molar refractivity (Wildman–Crippen MR) is 60.0 cm³/mol. The highest BCUT2D eigenvalue weighted by Crippen LogP contribution is 2.10. The van der Waals surface area contributed by atoms with Crippen LogP contribution in [0.15, 0.2) is 24.3 Å². The van der Waals surface area contributed by atoms with E-state index in [0.717, 1.165) is 5.56 Å². The summed E-state index contributed by atoms with van der Waals surface area (Å²) < 4.78 is 0. The number of hydrogen-bond donors (Lipinski definition) is 1. The van der Waals surface area contributed by atoms with Gasteiger partial charge in [0.1, 0.15) is 0 Å². The number of amides is 1. The number of nitro groups is 1. The quantitative estimate of drug-likeness (QED) is 0.624. The molecule has 0 radical (unpaired) electrons. The molecule has 0 atom stereocenters. The molecule has 0 saturated carbocycles. The lowest BCUT2D eigenvalue weighted by molar-refractivity contribution is -0.467. The van der Waals surface area contributed by atoms with Crippen LogP contribution in [0.1, 0.15) is 5.56 Å². The maximum absolute atomic E-state index is 10.9. The molecular weight excluding hydrogens is 232 g/mol. The molecule has 0 bridgehead atoms. The number of benzene rings is 1. The van der Waals surface area contributed by atoms with E-state index >= 15 is 0 Å². The van der Waals surface area contributed by atoms with Gasteiger partial charge in [-0.3, -0.25) is 14.9 Å². The number of carbonyl (C=O) groups is 1. The number of halogens is 1. The maximum Gasteiger partial charge on any atom is 0.291 e. The first-order valence-electron chi connectivity index (χ1n) is 4.71. The van der Waals surface area contributed by atoms with Crippen molar-refractivity contribution in [3.63, 3.8) is 0 Å². The van der Waals surface area contributed by atoms with Crippen molar-refractivity contribution in [3.05, 3.63) is 45.0 Å². The number of rotatable bonds is 5. The van der Waals surface area contributed by atoms with E-state index in [2.05, 4.69) is 5.32 Å². The van der Waals surface area contributed by atoms with E-state index in [0.29, 0.717) is 18.0 Å². The summed E-state index contributed by atoms with van der Waals surface area (Å²) in [5.41, 5.74) is 0.980. The van der Waals surface area contributed by atoms with Gasteiger partial charge in [0.25, 0.3) is 12.5 Å². The zero-order valence-corrected chi connectivity index (χ0v) is 9.24. The molecule has 6 heteroatoms. The standard InChI is InChI=1S/C10H11ClN2O3/c11-9-3-1-2-8(6-9)4-5-12-10(14)7-13(15)16/h1-3,6H,4-5,7H2,(H,12,14). The Balaban J connectivity index is 2.30. The summed E-state index contributed by atoms with van der Waals surface area (Å²) in [6.45, 7) is -0.317. The summed E-state index contributed by atoms with van der Waals surface area (Å²) in [7, 11) is 0. The first kappa shape index (κ1) is 12.4. The highest BCUT2D eigenvalue weighted by Gasteiger charge is 2.07. The molecule has 0 heterocycles. The fraction of sp³-hybridized carbons (Fsp3) is 0.300. The second kappa shape index (κ2) is 6.07. The fourth-order valence-corrected chi connectivity index (χ4v) is 1.42. The minimum Gasteiger partial charge on any atom is -0.350 e. The van der Waals surface area contributed by atoms with Crippen molar-refractivity contribution >= 4 is 17.5 Å². The molecular formula is C10H11ClN2O3. The summed E-state index contributed by atoms with van der Waals surface area (Å²) in [5, 5.41) is 13.1. The molecule has 0 saturated heterocycles. The predicted octanol–water partition coefficient (Wildman–Crippen LogP) is 1.28. The van der Waals surface area contributed by atoms with Crippen molar-refractivity contribution in [2.75, 3.05) is 13.1 Å². The Morgan fingerprint density at radius 1 is 1.50 bits per heavy atom. The molecule has 1 rings (SSSR count). The average molecular weight is 243 g/mol. The zero-order valence-electron chi connectivity index (χ0n) is 8.48. The molecule has 1 N–H and O–H groups in total. The normalized spacial score (nSPS) is 9.81. The van der Waals surface area contributed by atoms with Gasteiger partial charge in [-0.05, 0) is 24.1 Å². The Hall–Kier alpha value is -1.62. The third-order valence-corrected chi connectivity index (χ3v) is 2.13. The van der Waals surface area contributed by atoms with Crippen LogP contribution in [-0.2, 0) is 11.2 Å². The topological polar surface area (TPSA) is 72.2 Å². The van der Waals surface area contributed by atoms with Crippen molar-refractivity contribution in [2.45, 2.75) is 6.42 Å². The number of carbonyl (C=O) groups excluding carboxylic acids is 1. The van der Waals surface area contributed by atoms with Crippen molar-refractivity contribution in [1.82, 2.24) is 5.32 Å². The number of hydrogen-bond acceptors (Lipinski definition) is 3. The summed E-state index contributed by atoms with van der Waals surface area (Å²) >= 11 is 5.78. The van der Waals surface area contributed by atoms with E-state index < -0.39 is 17.4 Å². The van der Waals surface area contributed by atoms with Gasteiger partial charge in [-0.1, -0.05) is 23.7 Å². The molecule has 86 valence electrons. The summed E-state index contributed by atoms with van der Waals surface area (Å²) in [6, 6.07) is 7.25. The molecule has 0 fully saturated rings. The van der Waals surface area contributed by atoms with Crippen LogP contribution in [-0.4, -0.2) is 23.9 Å². The Labute approximate surface area is 97.6 Å². The highest BCUT2D eigenvalue weighted by molar-refractivity contribution is 6.30. The Kier molecular flexibility index (Phi) is 4.72. The van der Waals surface area contributed by atoms with Gasteiger partial charge < -0.3 is 5.32 Å². The molecule has 0 aliphatic heterocycles. The zero-order chi connectivity index (χ0) is 12.0. The van der Waals surface area contributed by atoms with Crippen LogP contribution in [0, 0.1) is 10.1 Å². The van der Waals surface area contributed by atoms with Crippen molar-refractivity contribution in [1.29, 1.82) is 0 Å². The molecule has 1 aromatic carbocycles. The Morgan fingerprint density at radius 3 is 2.88 bits per heavy atom. The Morgan fingerprint density at radius 2 is 2.25 bits per heavy atom. The summed E-state index contributed by atoms with van der Waals surface area (Å²) in [5.74, 6) is -0.577. The van der Waals surface area contributed by atoms with E-state index in [4.69, 9.17) is 11.6 Å². The third kappa shape index (κ3) is 4.75. The van der Waals surface area contributed by atoms with Crippen LogP contribution in [0.3, 0.4) is 0 Å². The SMILES string of the molecule is O=C(C[N+](=O)[O-])NCCc1cccc(Cl)c1. The van der Waals surface area contributed by atoms with Gasteiger partial charge in [0, 0.05) is 16.5 Å². The lowest BCUT2D eigenvalue weighted by Crippen LogP contribution is -2.31. The van der Waals surface area contributed by atoms with Crippen LogP contribution in [0.25, 0.3) is 0 Å². The minimum atomic E-state index is -0.685. The third-order valence-electron chi connectivity index (χ3n) is 1.90. The molecule has 16 heavy (non-hydrogen) atoms. The highest BCUT2D eigenvalue weighted by atomic mass is 35.5. The second-order valence-corrected chi connectivity index (χ2v) is 3.66. The van der Waals surface area contributed by atoms with E-state index in [1.165, 1.54) is 0 Å². The van der Waals surface area contributed by atoms with Crippen molar-refractivity contribution in [3.8, 4) is 0 Å². The van der Waals surface area contributed by atoms with Gasteiger partial charge in [0.05, 0.1) is 0 Å². The molecule has 0 aromatic heterocycles. The first-order chi connectivity index (χ1) is 7.58. The molecule has 5 nitrogen and oxygen atoms in total. The van der Waals surface area contributed by atoms with E-state index in [1.807, 2.05) is 12.1 Å². The maximum atomic E-state index is 10.9. The van der Waals surface area contributed by atoms with Crippen LogP contribution < -0.4 is 5.32 Å². The van der Waals surface area contributed by atoms with E-state index in [1.54, 1.807) is 12.1 Å². The van der Waals surface area contributed by atoms with Gasteiger partial charge in [-0.2, -0.15) is 0 Å². The molecule has 1 amide bonds. The van der Waals surface area contributed by atoms with Crippen molar-refractivity contribution < 1.29 is 9.72 Å². The minimum absolute atomic E-state index is 0.368. The Bertz CT molecular complexity index is 395. The van der Waals surface area contributed by atoms with E-state index in [-0.39, 0.29) is 0 Å². The van der Waals surface area contributed by atoms with Gasteiger partial charge in [-0.25, -0.2) is 0 Å². The summed E-state index contributed by atoms with van der Waals surface area (Å²) in [4.78, 5) is 20.3. The largest absolute Gasteiger partial charge is 0.350 e. The van der Waals surface area contributed by atoms with Crippen LogP contribution >= 0.6 is 11.6 Å². The van der Waals surface area contributed by atoms with Crippen LogP contribution in [0.4, 0.5) is 0 Å². The van der Waals surface area contributed by atoms with E-state index in [9.17, 15) is 14.9 Å². The number of nitrogens with zero attached hydrogens (tertiary/aromatic N) is 1. The van der Waals surface area contributed by atoms with Crippen LogP contribution in [0.2, 0.25) is 5.02 Å². The average Bonchev–Trinajstić information content (AvgIpc) is 2.16. The fourth-order valence-electron chi connectivity index (χ4n) is 1.21. The lowest BCUT2D eigenvalue weighted by atomic mass is 10.1. The van der Waals surface area contributed by atoms with Gasteiger partial charge in [0.2, 0.25) is 0 Å². The van der Waals surface area contributed by atoms with Gasteiger partial charge in [-0.15, -0.1) is 0 Å². The van der Waals surface area contributed by atoms with Gasteiger partial charge >= 0.3 is 0 Å². The molecule has 0 unspecified atom stereocenters. The van der Waals surface area contributed by atoms with Gasteiger partial charge in [0.15, 0.2) is 0 Å². The second-order valence-electron chi connectivity index (χ2n) is 3.22. The first-order valence-corrected chi connectivity index (χ1v) is 5.08. The monoisotopic (exact) mass is 242 g/mol. The molecule has 0 spiro atoms. The molecule has 1 aromatic rings.